The number of aliphatic hydroxyl groups excluding tert-OH is 1. The van der Waals surface area contributed by atoms with Gasteiger partial charge in [-0.05, 0) is 18.6 Å². The molecule has 2 aromatic rings. The van der Waals surface area contributed by atoms with Crippen LogP contribution in [0, 0.1) is 12.7 Å². The number of hydrogen-bond donors (Lipinski definition) is 1. The molecule has 0 saturated heterocycles. The van der Waals surface area contributed by atoms with Crippen LogP contribution in [0.1, 0.15) is 11.3 Å². The second kappa shape index (κ2) is 4.08. The first-order chi connectivity index (χ1) is 7.22. The van der Waals surface area contributed by atoms with E-state index in [1.807, 2.05) is 0 Å². The summed E-state index contributed by atoms with van der Waals surface area (Å²) < 4.78 is 13.7. The number of halogens is 1. The largest absolute Gasteiger partial charge is 0.390 e. The highest BCUT2D eigenvalue weighted by Gasteiger charge is 2.10. The van der Waals surface area contributed by atoms with Crippen LogP contribution in [-0.4, -0.2) is 10.1 Å². The van der Waals surface area contributed by atoms with Gasteiger partial charge in [-0.1, -0.05) is 12.1 Å². The Hall–Kier alpha value is -1.26. The van der Waals surface area contributed by atoms with E-state index >= 15 is 0 Å². The summed E-state index contributed by atoms with van der Waals surface area (Å²) in [4.78, 5) is 4.13. The summed E-state index contributed by atoms with van der Waals surface area (Å²) in [6.45, 7) is 1.61. The molecule has 1 aromatic heterocycles. The van der Waals surface area contributed by atoms with Gasteiger partial charge >= 0.3 is 0 Å². The zero-order valence-corrected chi connectivity index (χ0v) is 9.01. The molecule has 1 N–H and O–H groups in total. The van der Waals surface area contributed by atoms with E-state index in [9.17, 15) is 4.39 Å². The van der Waals surface area contributed by atoms with Gasteiger partial charge in [0.15, 0.2) is 0 Å². The van der Waals surface area contributed by atoms with Gasteiger partial charge in [0.1, 0.15) is 10.8 Å². The molecule has 2 rings (SSSR count). The van der Waals surface area contributed by atoms with Gasteiger partial charge in [-0.3, -0.25) is 0 Å². The minimum absolute atomic E-state index is 0.107. The maximum Gasteiger partial charge on any atom is 0.136 e. The maximum absolute atomic E-state index is 13.7. The van der Waals surface area contributed by atoms with Gasteiger partial charge in [-0.15, -0.1) is 11.3 Å². The quantitative estimate of drug-likeness (QED) is 0.849. The van der Waals surface area contributed by atoms with E-state index in [1.165, 1.54) is 11.3 Å². The number of hydrogen-bond acceptors (Lipinski definition) is 3. The van der Waals surface area contributed by atoms with Gasteiger partial charge in [0.25, 0.3) is 0 Å². The smallest absolute Gasteiger partial charge is 0.136 e. The summed E-state index contributed by atoms with van der Waals surface area (Å²) in [6.07, 6.45) is 0. The van der Waals surface area contributed by atoms with Crippen LogP contribution >= 0.6 is 11.3 Å². The Morgan fingerprint density at radius 3 is 2.93 bits per heavy atom. The number of rotatable bonds is 2. The Balaban J connectivity index is 2.49. The van der Waals surface area contributed by atoms with E-state index in [4.69, 9.17) is 5.11 Å². The standard InChI is InChI=1S/C11H10FNOS/c1-7-3-2-4-9(10(7)12)11-13-8(5-14)6-15-11/h2-4,6,14H,5H2,1H3. The molecule has 0 bridgehead atoms. The van der Waals surface area contributed by atoms with E-state index in [0.717, 1.165) is 0 Å². The lowest BCUT2D eigenvalue weighted by Crippen LogP contribution is -1.88. The van der Waals surface area contributed by atoms with Crippen LogP contribution in [0.5, 0.6) is 0 Å². The Kier molecular flexibility index (Phi) is 2.79. The van der Waals surface area contributed by atoms with Gasteiger partial charge in [-0.25, -0.2) is 9.37 Å². The van der Waals surface area contributed by atoms with Gasteiger partial charge in [0.2, 0.25) is 0 Å². The van der Waals surface area contributed by atoms with Crippen molar-refractivity contribution in [1.29, 1.82) is 0 Å². The van der Waals surface area contributed by atoms with Gasteiger partial charge < -0.3 is 5.11 Å². The van der Waals surface area contributed by atoms with Crippen molar-refractivity contribution in [2.45, 2.75) is 13.5 Å². The number of thiazole rings is 1. The molecule has 4 heteroatoms. The molecule has 15 heavy (non-hydrogen) atoms. The molecule has 0 aliphatic heterocycles. The number of aliphatic hydroxyl groups is 1. The van der Waals surface area contributed by atoms with Crippen molar-refractivity contribution in [2.24, 2.45) is 0 Å². The fourth-order valence-electron chi connectivity index (χ4n) is 1.32. The molecule has 0 spiro atoms. The topological polar surface area (TPSA) is 33.1 Å². The predicted molar refractivity (Wildman–Crippen MR) is 58.2 cm³/mol. The van der Waals surface area contributed by atoms with Crippen LogP contribution < -0.4 is 0 Å². The molecule has 0 atom stereocenters. The van der Waals surface area contributed by atoms with Gasteiger partial charge in [0.05, 0.1) is 12.3 Å². The molecule has 0 saturated carbocycles. The first-order valence-corrected chi connectivity index (χ1v) is 5.41. The molecule has 0 aliphatic rings. The number of aromatic nitrogens is 1. The fourth-order valence-corrected chi connectivity index (χ4v) is 2.15. The first-order valence-electron chi connectivity index (χ1n) is 4.53. The third kappa shape index (κ3) is 1.91. The monoisotopic (exact) mass is 223 g/mol. The van der Waals surface area contributed by atoms with Crippen molar-refractivity contribution in [3.05, 3.63) is 40.7 Å². The predicted octanol–water partition coefficient (Wildman–Crippen LogP) is 2.75. The Bertz CT molecular complexity index is 481. The molecule has 0 fully saturated rings. The van der Waals surface area contributed by atoms with Crippen molar-refractivity contribution < 1.29 is 9.50 Å². The molecule has 1 heterocycles. The molecule has 0 aliphatic carbocycles. The molecule has 0 amide bonds. The molecule has 1 aromatic carbocycles. The van der Waals surface area contributed by atoms with Crippen molar-refractivity contribution in [3.63, 3.8) is 0 Å². The Labute approximate surface area is 91.0 Å². The van der Waals surface area contributed by atoms with Gasteiger partial charge in [-0.2, -0.15) is 0 Å². The molecular weight excluding hydrogens is 213 g/mol. The molecular formula is C11H10FNOS. The fraction of sp³-hybridized carbons (Fsp3) is 0.182. The summed E-state index contributed by atoms with van der Waals surface area (Å²) in [7, 11) is 0. The first kappa shape index (κ1) is 10.3. The molecule has 0 unspecified atom stereocenters. The lowest BCUT2D eigenvalue weighted by molar-refractivity contribution is 0.278. The van der Waals surface area contributed by atoms with Crippen molar-refractivity contribution in [2.75, 3.05) is 0 Å². The van der Waals surface area contributed by atoms with Crippen LogP contribution in [0.25, 0.3) is 10.6 Å². The Morgan fingerprint density at radius 1 is 1.47 bits per heavy atom. The minimum atomic E-state index is -0.240. The normalized spacial score (nSPS) is 10.6. The maximum atomic E-state index is 13.7. The zero-order valence-electron chi connectivity index (χ0n) is 8.20. The summed E-state index contributed by atoms with van der Waals surface area (Å²) in [6, 6.07) is 5.22. The van der Waals surface area contributed by atoms with E-state index in [0.29, 0.717) is 21.8 Å². The van der Waals surface area contributed by atoms with E-state index in [2.05, 4.69) is 4.98 Å². The van der Waals surface area contributed by atoms with Crippen molar-refractivity contribution >= 4 is 11.3 Å². The molecule has 0 radical (unpaired) electrons. The summed E-state index contributed by atoms with van der Waals surface area (Å²) in [5.74, 6) is -0.240. The number of nitrogens with zero attached hydrogens (tertiary/aromatic N) is 1. The van der Waals surface area contributed by atoms with Crippen molar-refractivity contribution in [1.82, 2.24) is 4.98 Å². The molecule has 78 valence electrons. The summed E-state index contributed by atoms with van der Waals surface area (Å²) >= 11 is 1.34. The van der Waals surface area contributed by atoms with Crippen LogP contribution in [0.2, 0.25) is 0 Å². The van der Waals surface area contributed by atoms with Crippen LogP contribution in [0.3, 0.4) is 0 Å². The van der Waals surface area contributed by atoms with Crippen molar-refractivity contribution in [3.8, 4) is 10.6 Å². The highest BCUT2D eigenvalue weighted by atomic mass is 32.1. The van der Waals surface area contributed by atoms with E-state index in [-0.39, 0.29) is 12.4 Å². The SMILES string of the molecule is Cc1cccc(-c2nc(CO)cs2)c1F. The Morgan fingerprint density at radius 2 is 2.27 bits per heavy atom. The van der Waals surface area contributed by atoms with E-state index < -0.39 is 0 Å². The average molecular weight is 223 g/mol. The van der Waals surface area contributed by atoms with Crippen LogP contribution in [0.15, 0.2) is 23.6 Å². The zero-order chi connectivity index (χ0) is 10.8. The minimum Gasteiger partial charge on any atom is -0.390 e. The average Bonchev–Trinajstić information content (AvgIpc) is 2.70. The lowest BCUT2D eigenvalue weighted by atomic mass is 10.1. The second-order valence-corrected chi connectivity index (χ2v) is 4.10. The number of aryl methyl sites for hydroxylation is 1. The number of benzene rings is 1. The highest BCUT2D eigenvalue weighted by molar-refractivity contribution is 7.13. The third-order valence-corrected chi connectivity index (χ3v) is 3.06. The second-order valence-electron chi connectivity index (χ2n) is 3.24. The highest BCUT2D eigenvalue weighted by Crippen LogP contribution is 2.27. The van der Waals surface area contributed by atoms with E-state index in [1.54, 1.807) is 30.5 Å². The molecule has 2 nitrogen and oxygen atoms in total. The van der Waals surface area contributed by atoms with Crippen LogP contribution in [-0.2, 0) is 6.61 Å². The lowest BCUT2D eigenvalue weighted by Gasteiger charge is -2.01. The summed E-state index contributed by atoms with van der Waals surface area (Å²) in [5.41, 5.74) is 1.68. The summed E-state index contributed by atoms with van der Waals surface area (Å²) in [5, 5.41) is 11.2. The van der Waals surface area contributed by atoms with Crippen LogP contribution in [0.4, 0.5) is 4.39 Å². The third-order valence-electron chi connectivity index (χ3n) is 2.14. The van der Waals surface area contributed by atoms with Gasteiger partial charge in [0, 0.05) is 10.9 Å².